The molecule has 1 heterocycles. The number of nitrogens with one attached hydrogen (secondary N) is 2. The van der Waals surface area contributed by atoms with Gasteiger partial charge in [0.25, 0.3) is 0 Å². The number of fused-ring (bicyclic) bond motifs is 1. The molecule has 0 unspecified atom stereocenters. The molecule has 2 N–H and O–H groups in total. The van der Waals surface area contributed by atoms with Crippen LogP contribution < -0.4 is 5.32 Å². The van der Waals surface area contributed by atoms with Crippen molar-refractivity contribution in [2.45, 2.75) is 6.92 Å². The van der Waals surface area contributed by atoms with E-state index in [2.05, 4.69) is 20.0 Å². The number of rotatable bonds is 1. The topological polar surface area (TPSA) is 67.0 Å². The summed E-state index contributed by atoms with van der Waals surface area (Å²) < 4.78 is 4.47. The number of H-pyrrole nitrogens is 1. The Kier molecular flexibility index (Phi) is 2.70. The predicted octanol–water partition coefficient (Wildman–Crippen LogP) is 2.70. The molecule has 6 heteroatoms. The number of carbonyl (C=O) groups is 1. The highest BCUT2D eigenvalue weighted by Crippen LogP contribution is 2.24. The van der Waals surface area contributed by atoms with Gasteiger partial charge in [-0.25, -0.2) is 9.78 Å². The van der Waals surface area contributed by atoms with Gasteiger partial charge < -0.3 is 9.72 Å². The number of carbonyl (C=O) groups excluding carboxylic acids is 1. The number of amides is 1. The van der Waals surface area contributed by atoms with Crippen LogP contribution >= 0.6 is 11.6 Å². The molecule has 1 aromatic heterocycles. The standard InChI is InChI=1S/C10H10ClN3O2/c1-5-6(11)3-4-7-8(5)13-9(12-7)14-10(15)16-2/h3-4H,1-2H3,(H2,12,13,14,15). The summed E-state index contributed by atoms with van der Waals surface area (Å²) in [6.45, 7) is 1.87. The minimum Gasteiger partial charge on any atom is -0.453 e. The maximum atomic E-state index is 11.0. The van der Waals surface area contributed by atoms with Crippen LogP contribution in [-0.2, 0) is 4.74 Å². The molecule has 2 rings (SSSR count). The largest absolute Gasteiger partial charge is 0.453 e. The normalized spacial score (nSPS) is 10.4. The number of aromatic amines is 1. The highest BCUT2D eigenvalue weighted by Gasteiger charge is 2.09. The molecule has 0 saturated carbocycles. The lowest BCUT2D eigenvalue weighted by atomic mass is 10.2. The van der Waals surface area contributed by atoms with Crippen LogP contribution in [0.2, 0.25) is 5.02 Å². The van der Waals surface area contributed by atoms with E-state index in [1.807, 2.05) is 6.92 Å². The second-order valence-corrected chi connectivity index (χ2v) is 3.68. The Morgan fingerprint density at radius 2 is 2.31 bits per heavy atom. The Hall–Kier alpha value is -1.75. The minimum absolute atomic E-state index is 0.340. The number of nitrogens with zero attached hydrogens (tertiary/aromatic N) is 1. The van der Waals surface area contributed by atoms with Crippen molar-refractivity contribution in [1.29, 1.82) is 0 Å². The molecule has 1 aromatic carbocycles. The molecule has 0 atom stereocenters. The molecule has 0 aliphatic heterocycles. The molecule has 16 heavy (non-hydrogen) atoms. The number of hydrogen-bond donors (Lipinski definition) is 2. The van der Waals surface area contributed by atoms with E-state index >= 15 is 0 Å². The van der Waals surface area contributed by atoms with Crippen LogP contribution in [0.3, 0.4) is 0 Å². The van der Waals surface area contributed by atoms with Crippen LogP contribution in [0.25, 0.3) is 11.0 Å². The number of hydrogen-bond acceptors (Lipinski definition) is 3. The van der Waals surface area contributed by atoms with Crippen molar-refractivity contribution in [3.05, 3.63) is 22.7 Å². The third-order valence-corrected chi connectivity index (χ3v) is 2.66. The van der Waals surface area contributed by atoms with Gasteiger partial charge in [0.2, 0.25) is 5.95 Å². The van der Waals surface area contributed by atoms with Crippen molar-refractivity contribution >= 4 is 34.7 Å². The molecule has 1 amide bonds. The Labute approximate surface area is 96.8 Å². The van der Waals surface area contributed by atoms with Gasteiger partial charge >= 0.3 is 6.09 Å². The lowest BCUT2D eigenvalue weighted by Crippen LogP contribution is -2.11. The number of aromatic nitrogens is 2. The van der Waals surface area contributed by atoms with Gasteiger partial charge in [-0.2, -0.15) is 0 Å². The van der Waals surface area contributed by atoms with Crippen molar-refractivity contribution in [1.82, 2.24) is 9.97 Å². The Morgan fingerprint density at radius 3 is 3.00 bits per heavy atom. The number of halogens is 1. The molecular weight excluding hydrogens is 230 g/mol. The number of imidazole rings is 1. The van der Waals surface area contributed by atoms with Crippen molar-refractivity contribution in [3.8, 4) is 0 Å². The Morgan fingerprint density at radius 1 is 1.56 bits per heavy atom. The molecule has 0 aliphatic rings. The van der Waals surface area contributed by atoms with Gasteiger partial charge in [0.15, 0.2) is 0 Å². The molecular formula is C10H10ClN3O2. The van der Waals surface area contributed by atoms with Crippen molar-refractivity contribution < 1.29 is 9.53 Å². The average molecular weight is 240 g/mol. The van der Waals surface area contributed by atoms with Gasteiger partial charge in [-0.05, 0) is 24.6 Å². The first-order chi connectivity index (χ1) is 7.61. The fourth-order valence-electron chi connectivity index (χ4n) is 1.39. The molecule has 0 bridgehead atoms. The number of ether oxygens (including phenoxy) is 1. The molecule has 84 valence electrons. The van der Waals surface area contributed by atoms with Gasteiger partial charge in [-0.1, -0.05) is 11.6 Å². The molecule has 0 fully saturated rings. The molecule has 0 radical (unpaired) electrons. The van der Waals surface area contributed by atoms with Gasteiger partial charge in [-0.15, -0.1) is 0 Å². The lowest BCUT2D eigenvalue weighted by molar-refractivity contribution is 0.186. The summed E-state index contributed by atoms with van der Waals surface area (Å²) in [6, 6.07) is 3.58. The summed E-state index contributed by atoms with van der Waals surface area (Å²) in [5.41, 5.74) is 2.42. The minimum atomic E-state index is -0.567. The molecule has 5 nitrogen and oxygen atoms in total. The number of benzene rings is 1. The lowest BCUT2D eigenvalue weighted by Gasteiger charge is -1.97. The monoisotopic (exact) mass is 239 g/mol. The van der Waals surface area contributed by atoms with E-state index in [-0.39, 0.29) is 0 Å². The summed E-state index contributed by atoms with van der Waals surface area (Å²) in [7, 11) is 1.29. The van der Waals surface area contributed by atoms with Crippen LogP contribution in [0.15, 0.2) is 12.1 Å². The maximum Gasteiger partial charge on any atom is 0.413 e. The SMILES string of the molecule is COC(=O)Nc1nc2c(C)c(Cl)ccc2[nH]1. The van der Waals surface area contributed by atoms with Crippen LogP contribution in [0, 0.1) is 6.92 Å². The van der Waals surface area contributed by atoms with E-state index in [1.54, 1.807) is 12.1 Å². The van der Waals surface area contributed by atoms with E-state index in [9.17, 15) is 4.79 Å². The van der Waals surface area contributed by atoms with Gasteiger partial charge in [-0.3, -0.25) is 5.32 Å². The second kappa shape index (κ2) is 4.02. The summed E-state index contributed by atoms with van der Waals surface area (Å²) in [5, 5.41) is 3.10. The van der Waals surface area contributed by atoms with Crippen LogP contribution in [0.1, 0.15) is 5.56 Å². The van der Waals surface area contributed by atoms with Crippen LogP contribution in [0.5, 0.6) is 0 Å². The molecule has 0 aliphatic carbocycles. The average Bonchev–Trinajstić information content (AvgIpc) is 2.67. The van der Waals surface area contributed by atoms with Gasteiger partial charge in [0.1, 0.15) is 0 Å². The maximum absolute atomic E-state index is 11.0. The first-order valence-corrected chi connectivity index (χ1v) is 4.99. The van der Waals surface area contributed by atoms with Crippen molar-refractivity contribution in [2.24, 2.45) is 0 Å². The predicted molar refractivity (Wildman–Crippen MR) is 61.9 cm³/mol. The second-order valence-electron chi connectivity index (χ2n) is 3.27. The van der Waals surface area contributed by atoms with Gasteiger partial charge in [0.05, 0.1) is 18.1 Å². The van der Waals surface area contributed by atoms with Crippen molar-refractivity contribution in [2.75, 3.05) is 12.4 Å². The highest BCUT2D eigenvalue weighted by molar-refractivity contribution is 6.32. The summed E-state index contributed by atoms with van der Waals surface area (Å²) in [6.07, 6.45) is -0.567. The number of anilines is 1. The number of aryl methyl sites for hydroxylation is 1. The van der Waals surface area contributed by atoms with E-state index < -0.39 is 6.09 Å². The van der Waals surface area contributed by atoms with Crippen molar-refractivity contribution in [3.63, 3.8) is 0 Å². The zero-order valence-corrected chi connectivity index (χ0v) is 9.55. The Bertz CT molecular complexity index is 550. The third-order valence-electron chi connectivity index (χ3n) is 2.25. The molecule has 0 saturated heterocycles. The quantitative estimate of drug-likeness (QED) is 0.804. The fourth-order valence-corrected chi connectivity index (χ4v) is 1.55. The third kappa shape index (κ3) is 1.81. The van der Waals surface area contributed by atoms with E-state index in [0.29, 0.717) is 11.0 Å². The number of methoxy groups -OCH3 is 1. The van der Waals surface area contributed by atoms with Crippen LogP contribution in [0.4, 0.5) is 10.7 Å². The first-order valence-electron chi connectivity index (χ1n) is 4.61. The smallest absolute Gasteiger partial charge is 0.413 e. The highest BCUT2D eigenvalue weighted by atomic mass is 35.5. The van der Waals surface area contributed by atoms with E-state index in [0.717, 1.165) is 16.6 Å². The molecule has 2 aromatic rings. The molecule has 0 spiro atoms. The zero-order valence-electron chi connectivity index (χ0n) is 8.80. The van der Waals surface area contributed by atoms with E-state index in [4.69, 9.17) is 11.6 Å². The summed E-state index contributed by atoms with van der Waals surface area (Å²) in [5.74, 6) is 0.340. The Balaban J connectivity index is 2.44. The zero-order chi connectivity index (χ0) is 11.7. The van der Waals surface area contributed by atoms with E-state index in [1.165, 1.54) is 7.11 Å². The summed E-state index contributed by atoms with van der Waals surface area (Å²) in [4.78, 5) is 18.1. The van der Waals surface area contributed by atoms with Gasteiger partial charge in [0, 0.05) is 5.02 Å². The fraction of sp³-hybridized carbons (Fsp3) is 0.200. The first kappa shape index (κ1) is 10.8. The van der Waals surface area contributed by atoms with Crippen LogP contribution in [-0.4, -0.2) is 23.2 Å². The summed E-state index contributed by atoms with van der Waals surface area (Å²) >= 11 is 5.96.